The summed E-state index contributed by atoms with van der Waals surface area (Å²) in [5.74, 6) is -1.14. The topological polar surface area (TPSA) is 108 Å². The predicted octanol–water partition coefficient (Wildman–Crippen LogP) is 2.93. The first-order valence-electron chi connectivity index (χ1n) is 9.25. The van der Waals surface area contributed by atoms with E-state index in [1.807, 2.05) is 24.3 Å². The molecule has 0 aliphatic heterocycles. The number of amides is 1. The molecule has 0 aliphatic carbocycles. The first kappa shape index (κ1) is 20.1. The Hall–Kier alpha value is -3.61. The Balaban J connectivity index is 2.04. The van der Waals surface area contributed by atoms with Gasteiger partial charge in [0.25, 0.3) is 0 Å². The quantitative estimate of drug-likeness (QED) is 0.509. The molecule has 0 radical (unpaired) electrons. The number of carbonyl (C=O) groups excluding carboxylic acids is 2. The van der Waals surface area contributed by atoms with Crippen LogP contribution in [0.2, 0.25) is 0 Å². The summed E-state index contributed by atoms with van der Waals surface area (Å²) in [6, 6.07) is 12.9. The van der Waals surface area contributed by atoms with Crippen LogP contribution in [0.15, 0.2) is 48.5 Å². The normalized spacial score (nSPS) is 11.8. The third kappa shape index (κ3) is 4.29. The van der Waals surface area contributed by atoms with Gasteiger partial charge in [0.15, 0.2) is 0 Å². The first-order valence-corrected chi connectivity index (χ1v) is 9.25. The number of benzene rings is 2. The average Bonchev–Trinajstić information content (AvgIpc) is 3.11. The summed E-state index contributed by atoms with van der Waals surface area (Å²) in [6.45, 7) is 1.65. The molecule has 2 aromatic carbocycles. The molecule has 3 aromatic rings. The Morgan fingerprint density at radius 3 is 2.41 bits per heavy atom. The minimum Gasteiger partial charge on any atom is -0.497 e. The zero-order chi connectivity index (χ0) is 21.0. The van der Waals surface area contributed by atoms with Crippen molar-refractivity contribution in [3.63, 3.8) is 0 Å². The number of hydrogen-bond acceptors (Lipinski definition) is 4. The number of aromatic nitrogens is 1. The summed E-state index contributed by atoms with van der Waals surface area (Å²) < 4.78 is 5.13. The van der Waals surface area contributed by atoms with Crippen LogP contribution in [0.1, 0.15) is 35.0 Å². The zero-order valence-corrected chi connectivity index (χ0v) is 16.2. The van der Waals surface area contributed by atoms with Gasteiger partial charge >= 0.3 is 5.97 Å². The lowest BCUT2D eigenvalue weighted by Gasteiger charge is -2.15. The number of carbonyl (C=O) groups is 3. The van der Waals surface area contributed by atoms with Gasteiger partial charge in [-0.05, 0) is 35.9 Å². The summed E-state index contributed by atoms with van der Waals surface area (Å²) in [5.41, 5.74) is 2.05. The molecule has 0 unspecified atom stereocenters. The monoisotopic (exact) mass is 394 g/mol. The van der Waals surface area contributed by atoms with Crippen LogP contribution >= 0.6 is 0 Å². The van der Waals surface area contributed by atoms with Gasteiger partial charge in [0.05, 0.1) is 12.8 Å². The maximum absolute atomic E-state index is 13.2. The van der Waals surface area contributed by atoms with E-state index in [0.717, 1.165) is 10.9 Å². The van der Waals surface area contributed by atoms with Gasteiger partial charge < -0.3 is 20.1 Å². The van der Waals surface area contributed by atoms with E-state index in [-0.39, 0.29) is 24.5 Å². The molecule has 0 saturated heterocycles. The fraction of sp³-hybridized carbons (Fsp3) is 0.227. The van der Waals surface area contributed by atoms with Crippen molar-refractivity contribution in [1.29, 1.82) is 0 Å². The highest BCUT2D eigenvalue weighted by Gasteiger charge is 2.26. The zero-order valence-electron chi connectivity index (χ0n) is 16.2. The summed E-state index contributed by atoms with van der Waals surface area (Å²) in [4.78, 5) is 39.7. The van der Waals surface area contributed by atoms with Gasteiger partial charge in [-0.25, -0.2) is 4.79 Å². The minimum atomic E-state index is -1.15. The molecule has 0 saturated carbocycles. The number of hydrogen-bond donors (Lipinski definition) is 3. The maximum atomic E-state index is 13.2. The number of fused-ring (bicyclic) bond motifs is 1. The third-order valence-corrected chi connectivity index (χ3v) is 4.76. The molecular weight excluding hydrogens is 372 g/mol. The Labute approximate surface area is 167 Å². The van der Waals surface area contributed by atoms with Crippen molar-refractivity contribution < 1.29 is 24.2 Å². The number of ketones is 1. The van der Waals surface area contributed by atoms with Gasteiger partial charge in [-0.1, -0.05) is 25.1 Å². The Morgan fingerprint density at radius 2 is 1.79 bits per heavy atom. The van der Waals surface area contributed by atoms with Gasteiger partial charge in [-0.15, -0.1) is 0 Å². The van der Waals surface area contributed by atoms with E-state index in [1.165, 1.54) is 0 Å². The van der Waals surface area contributed by atoms with Crippen molar-refractivity contribution >= 4 is 28.6 Å². The second kappa shape index (κ2) is 8.60. The number of carboxylic acids is 1. The SMILES string of the molecule is CCC(=O)N[C@@H](Cc1c(C(=O)c2ccc(OC)cc2)[nH]c2ccccc12)C(=O)O. The molecular formula is C22H22N2O5. The van der Waals surface area contributed by atoms with Crippen molar-refractivity contribution in [2.75, 3.05) is 7.11 Å². The average molecular weight is 394 g/mol. The van der Waals surface area contributed by atoms with Gasteiger partial charge in [0.1, 0.15) is 11.8 Å². The third-order valence-electron chi connectivity index (χ3n) is 4.76. The largest absolute Gasteiger partial charge is 0.497 e. The van der Waals surface area contributed by atoms with Crippen LogP contribution in [0.3, 0.4) is 0 Å². The second-order valence-electron chi connectivity index (χ2n) is 6.60. The lowest BCUT2D eigenvalue weighted by molar-refractivity contribution is -0.141. The standard InChI is InChI=1S/C22H22N2O5/c1-3-19(25)23-18(22(27)28)12-16-15-6-4-5-7-17(15)24-20(16)21(26)13-8-10-14(29-2)11-9-13/h4-11,18,24H,3,12H2,1-2H3,(H,23,25)(H,27,28)/t18-/m0/s1. The molecule has 0 spiro atoms. The molecule has 7 heteroatoms. The highest BCUT2D eigenvalue weighted by molar-refractivity contribution is 6.12. The number of aromatic amines is 1. The number of carboxylic acid groups (broad SMARTS) is 1. The number of ether oxygens (including phenoxy) is 1. The van der Waals surface area contributed by atoms with Crippen LogP contribution in [0.25, 0.3) is 10.9 Å². The molecule has 1 heterocycles. The van der Waals surface area contributed by atoms with Crippen LogP contribution in [-0.2, 0) is 16.0 Å². The van der Waals surface area contributed by atoms with Crippen LogP contribution in [0, 0.1) is 0 Å². The molecule has 0 bridgehead atoms. The summed E-state index contributed by atoms with van der Waals surface area (Å²) in [5, 5.41) is 12.8. The Bertz CT molecular complexity index is 1050. The van der Waals surface area contributed by atoms with Crippen molar-refractivity contribution in [3.8, 4) is 5.75 Å². The molecule has 150 valence electrons. The minimum absolute atomic E-state index is 0.0116. The fourth-order valence-corrected chi connectivity index (χ4v) is 3.19. The number of para-hydroxylation sites is 1. The van der Waals surface area contributed by atoms with Gasteiger partial charge in [0.2, 0.25) is 11.7 Å². The lowest BCUT2D eigenvalue weighted by Crippen LogP contribution is -2.42. The number of nitrogens with one attached hydrogen (secondary N) is 2. The van der Waals surface area contributed by atoms with E-state index in [9.17, 15) is 19.5 Å². The van der Waals surface area contributed by atoms with E-state index in [2.05, 4.69) is 10.3 Å². The van der Waals surface area contributed by atoms with Crippen LogP contribution in [0.5, 0.6) is 5.75 Å². The Kier molecular flexibility index (Phi) is 5.97. The molecule has 1 aromatic heterocycles. The maximum Gasteiger partial charge on any atom is 0.326 e. The van der Waals surface area contributed by atoms with Crippen molar-refractivity contribution in [2.24, 2.45) is 0 Å². The first-order chi connectivity index (χ1) is 13.9. The molecule has 0 aliphatic rings. The molecule has 0 fully saturated rings. The molecule has 1 atom stereocenters. The van der Waals surface area contributed by atoms with E-state index in [4.69, 9.17) is 4.74 Å². The Morgan fingerprint density at radius 1 is 1.10 bits per heavy atom. The predicted molar refractivity (Wildman–Crippen MR) is 108 cm³/mol. The van der Waals surface area contributed by atoms with Gasteiger partial charge in [-0.2, -0.15) is 0 Å². The van der Waals surface area contributed by atoms with Crippen molar-refractivity contribution in [1.82, 2.24) is 10.3 Å². The number of rotatable bonds is 8. The van der Waals surface area contributed by atoms with Gasteiger partial charge in [-0.3, -0.25) is 9.59 Å². The molecule has 1 amide bonds. The van der Waals surface area contributed by atoms with Crippen LogP contribution in [0.4, 0.5) is 0 Å². The number of aliphatic carboxylic acids is 1. The highest BCUT2D eigenvalue weighted by atomic mass is 16.5. The number of methoxy groups -OCH3 is 1. The van der Waals surface area contributed by atoms with Crippen LogP contribution in [-0.4, -0.2) is 40.9 Å². The fourth-order valence-electron chi connectivity index (χ4n) is 3.19. The van der Waals surface area contributed by atoms with Gasteiger partial charge in [0, 0.05) is 29.3 Å². The van der Waals surface area contributed by atoms with E-state index < -0.39 is 12.0 Å². The second-order valence-corrected chi connectivity index (χ2v) is 6.60. The molecule has 29 heavy (non-hydrogen) atoms. The summed E-state index contributed by atoms with van der Waals surface area (Å²) in [7, 11) is 1.54. The van der Waals surface area contributed by atoms with E-state index >= 15 is 0 Å². The van der Waals surface area contributed by atoms with E-state index in [0.29, 0.717) is 22.6 Å². The molecule has 7 nitrogen and oxygen atoms in total. The van der Waals surface area contributed by atoms with Crippen molar-refractivity contribution in [2.45, 2.75) is 25.8 Å². The summed E-state index contributed by atoms with van der Waals surface area (Å²) in [6.07, 6.45) is 0.164. The number of H-pyrrole nitrogens is 1. The summed E-state index contributed by atoms with van der Waals surface area (Å²) >= 11 is 0. The van der Waals surface area contributed by atoms with Crippen LogP contribution < -0.4 is 10.1 Å². The smallest absolute Gasteiger partial charge is 0.326 e. The van der Waals surface area contributed by atoms with Crippen molar-refractivity contribution in [3.05, 3.63) is 65.4 Å². The van der Waals surface area contributed by atoms with E-state index in [1.54, 1.807) is 38.3 Å². The highest BCUT2D eigenvalue weighted by Crippen LogP contribution is 2.26. The lowest BCUT2D eigenvalue weighted by atomic mass is 9.98. The molecule has 3 N–H and O–H groups in total. The molecule has 3 rings (SSSR count).